The molecule has 2 aromatic heterocycles. The van der Waals surface area contributed by atoms with Gasteiger partial charge < -0.3 is 16.4 Å². The standard InChI is InChI=1S/C18H14Cl2N6O2/c1-18(9-3-2-4-10(19)5-9)25-16(27)15-11(20)6-12(17(28)26(15)18)24-14-7-13(21)22-8-23-14/h2-8H,1H3,(H,25,27)(H3,21,22,23,24). The molecule has 3 heterocycles. The summed E-state index contributed by atoms with van der Waals surface area (Å²) in [6.45, 7) is 1.71. The molecule has 28 heavy (non-hydrogen) atoms. The Hall–Kier alpha value is -3.10. The number of carbonyl (C=O) groups is 1. The fraction of sp³-hybridized carbons (Fsp3) is 0.111. The molecule has 8 nitrogen and oxygen atoms in total. The summed E-state index contributed by atoms with van der Waals surface area (Å²) in [4.78, 5) is 33.7. The molecule has 3 aromatic rings. The second-order valence-corrected chi connectivity index (χ2v) is 7.23. The maximum Gasteiger partial charge on any atom is 0.277 e. The van der Waals surface area contributed by atoms with Crippen molar-refractivity contribution in [2.45, 2.75) is 12.6 Å². The van der Waals surface area contributed by atoms with Gasteiger partial charge in [0, 0.05) is 11.1 Å². The molecule has 0 spiro atoms. The molecule has 4 rings (SSSR count). The first-order chi connectivity index (χ1) is 13.3. The van der Waals surface area contributed by atoms with E-state index in [0.717, 1.165) is 0 Å². The second kappa shape index (κ2) is 6.50. The molecule has 142 valence electrons. The van der Waals surface area contributed by atoms with Crippen molar-refractivity contribution in [1.82, 2.24) is 19.9 Å². The molecular weight excluding hydrogens is 403 g/mol. The first-order valence-corrected chi connectivity index (χ1v) is 8.94. The highest BCUT2D eigenvalue weighted by Crippen LogP contribution is 2.34. The van der Waals surface area contributed by atoms with Crippen LogP contribution in [0.25, 0.3) is 0 Å². The van der Waals surface area contributed by atoms with Crippen molar-refractivity contribution >= 4 is 46.4 Å². The Bertz CT molecular complexity index is 1180. The summed E-state index contributed by atoms with van der Waals surface area (Å²) in [5.74, 6) is 0.107. The summed E-state index contributed by atoms with van der Waals surface area (Å²) in [5.41, 5.74) is 4.87. The Labute approximate surface area is 169 Å². The second-order valence-electron chi connectivity index (χ2n) is 6.38. The van der Waals surface area contributed by atoms with Crippen LogP contribution in [-0.4, -0.2) is 20.4 Å². The van der Waals surface area contributed by atoms with E-state index < -0.39 is 17.1 Å². The third kappa shape index (κ3) is 2.87. The molecule has 0 aliphatic carbocycles. The van der Waals surface area contributed by atoms with E-state index in [1.165, 1.54) is 23.0 Å². The van der Waals surface area contributed by atoms with Gasteiger partial charge in [-0.3, -0.25) is 14.2 Å². The van der Waals surface area contributed by atoms with Crippen molar-refractivity contribution in [2.24, 2.45) is 0 Å². The maximum absolute atomic E-state index is 13.3. The maximum atomic E-state index is 13.3. The van der Waals surface area contributed by atoms with E-state index in [0.29, 0.717) is 16.4 Å². The van der Waals surface area contributed by atoms with Crippen LogP contribution in [0.2, 0.25) is 10.0 Å². The van der Waals surface area contributed by atoms with Crippen LogP contribution in [-0.2, 0) is 5.66 Å². The van der Waals surface area contributed by atoms with Crippen LogP contribution in [0.4, 0.5) is 17.3 Å². The minimum absolute atomic E-state index is 0.0712. The van der Waals surface area contributed by atoms with Crippen LogP contribution < -0.4 is 21.9 Å². The lowest BCUT2D eigenvalue weighted by Crippen LogP contribution is -2.46. The van der Waals surface area contributed by atoms with Gasteiger partial charge in [0.05, 0.1) is 5.02 Å². The summed E-state index contributed by atoms with van der Waals surface area (Å²) in [7, 11) is 0. The summed E-state index contributed by atoms with van der Waals surface area (Å²) >= 11 is 12.4. The van der Waals surface area contributed by atoms with Crippen molar-refractivity contribution in [3.63, 3.8) is 0 Å². The number of rotatable bonds is 3. The Balaban J connectivity index is 1.91. The van der Waals surface area contributed by atoms with E-state index in [1.54, 1.807) is 31.2 Å². The molecule has 1 aromatic carbocycles. The predicted molar refractivity (Wildman–Crippen MR) is 107 cm³/mol. The number of pyridine rings is 1. The number of amides is 1. The van der Waals surface area contributed by atoms with Gasteiger partial charge in [-0.15, -0.1) is 0 Å². The minimum Gasteiger partial charge on any atom is -0.384 e. The topological polar surface area (TPSA) is 115 Å². The molecule has 1 aliphatic rings. The molecule has 0 radical (unpaired) electrons. The number of anilines is 3. The Morgan fingerprint density at radius 3 is 2.68 bits per heavy atom. The highest BCUT2D eigenvalue weighted by molar-refractivity contribution is 6.34. The van der Waals surface area contributed by atoms with Crippen molar-refractivity contribution in [1.29, 1.82) is 0 Å². The molecule has 10 heteroatoms. The van der Waals surface area contributed by atoms with Crippen LogP contribution in [0, 0.1) is 0 Å². The number of carbonyl (C=O) groups excluding carboxylic acids is 1. The lowest BCUT2D eigenvalue weighted by Gasteiger charge is -2.28. The molecule has 1 aliphatic heterocycles. The summed E-state index contributed by atoms with van der Waals surface area (Å²) in [6.07, 6.45) is 1.27. The molecule has 4 N–H and O–H groups in total. The van der Waals surface area contributed by atoms with Crippen molar-refractivity contribution in [3.05, 3.63) is 74.4 Å². The van der Waals surface area contributed by atoms with Gasteiger partial charge in [0.15, 0.2) is 0 Å². The zero-order valence-corrected chi connectivity index (χ0v) is 16.0. The summed E-state index contributed by atoms with van der Waals surface area (Å²) in [6, 6.07) is 9.77. The first kappa shape index (κ1) is 18.3. The summed E-state index contributed by atoms with van der Waals surface area (Å²) in [5, 5.41) is 6.31. The number of halogens is 2. The Morgan fingerprint density at radius 2 is 1.96 bits per heavy atom. The van der Waals surface area contributed by atoms with Gasteiger partial charge in [0.25, 0.3) is 11.5 Å². The quantitative estimate of drug-likeness (QED) is 0.604. The third-order valence-corrected chi connectivity index (χ3v) is 5.03. The number of aromatic nitrogens is 3. The Kier molecular flexibility index (Phi) is 4.24. The summed E-state index contributed by atoms with van der Waals surface area (Å²) < 4.78 is 1.32. The van der Waals surface area contributed by atoms with E-state index in [2.05, 4.69) is 20.6 Å². The predicted octanol–water partition coefficient (Wildman–Crippen LogP) is 2.74. The molecule has 0 saturated carbocycles. The van der Waals surface area contributed by atoms with Crippen LogP contribution in [0.15, 0.2) is 47.5 Å². The Morgan fingerprint density at radius 1 is 1.18 bits per heavy atom. The number of nitrogens with one attached hydrogen (secondary N) is 2. The zero-order chi connectivity index (χ0) is 20.1. The van der Waals surface area contributed by atoms with Crippen molar-refractivity contribution < 1.29 is 4.79 Å². The third-order valence-electron chi connectivity index (χ3n) is 4.51. The molecule has 1 amide bonds. The number of benzene rings is 1. The molecule has 0 bridgehead atoms. The number of nitrogen functional groups attached to an aromatic ring is 1. The normalized spacial score (nSPS) is 17.9. The number of nitrogens with two attached hydrogens (primary N) is 1. The average molecular weight is 417 g/mol. The van der Waals surface area contributed by atoms with Gasteiger partial charge in [0.2, 0.25) is 0 Å². The molecule has 1 unspecified atom stereocenters. The van der Waals surface area contributed by atoms with E-state index in [-0.39, 0.29) is 22.2 Å². The van der Waals surface area contributed by atoms with Crippen LogP contribution >= 0.6 is 23.2 Å². The average Bonchev–Trinajstić information content (AvgIpc) is 2.92. The highest BCUT2D eigenvalue weighted by atomic mass is 35.5. The SMILES string of the molecule is CC1(c2cccc(Cl)c2)NC(=O)c2c(Cl)cc(Nc3cc(N)ncn3)c(=O)n21. The van der Waals surface area contributed by atoms with E-state index in [4.69, 9.17) is 28.9 Å². The van der Waals surface area contributed by atoms with Gasteiger partial charge >= 0.3 is 0 Å². The van der Waals surface area contributed by atoms with E-state index in [1.807, 2.05) is 0 Å². The largest absolute Gasteiger partial charge is 0.384 e. The molecule has 0 saturated heterocycles. The van der Waals surface area contributed by atoms with Crippen LogP contribution in [0.3, 0.4) is 0 Å². The fourth-order valence-corrected chi connectivity index (χ4v) is 3.69. The van der Waals surface area contributed by atoms with Crippen LogP contribution in [0.5, 0.6) is 0 Å². The lowest BCUT2D eigenvalue weighted by molar-refractivity contribution is 0.0941. The molecule has 0 fully saturated rings. The zero-order valence-electron chi connectivity index (χ0n) is 14.5. The number of fused-ring (bicyclic) bond motifs is 1. The van der Waals surface area contributed by atoms with E-state index in [9.17, 15) is 9.59 Å². The van der Waals surface area contributed by atoms with Gasteiger partial charge in [-0.2, -0.15) is 0 Å². The highest BCUT2D eigenvalue weighted by Gasteiger charge is 2.43. The monoisotopic (exact) mass is 416 g/mol. The number of hydrogen-bond acceptors (Lipinski definition) is 6. The molecular formula is C18H14Cl2N6O2. The minimum atomic E-state index is -1.17. The van der Waals surface area contributed by atoms with Crippen molar-refractivity contribution in [2.75, 3.05) is 11.1 Å². The lowest BCUT2D eigenvalue weighted by atomic mass is 10.0. The van der Waals surface area contributed by atoms with Gasteiger partial charge in [-0.05, 0) is 30.7 Å². The van der Waals surface area contributed by atoms with Gasteiger partial charge in [-0.25, -0.2) is 9.97 Å². The number of hydrogen-bond donors (Lipinski definition) is 3. The number of nitrogens with zero attached hydrogens (tertiary/aromatic N) is 3. The first-order valence-electron chi connectivity index (χ1n) is 8.19. The fourth-order valence-electron chi connectivity index (χ4n) is 3.22. The smallest absolute Gasteiger partial charge is 0.277 e. The van der Waals surface area contributed by atoms with E-state index >= 15 is 0 Å². The molecule has 1 atom stereocenters. The van der Waals surface area contributed by atoms with Crippen molar-refractivity contribution in [3.8, 4) is 0 Å². The van der Waals surface area contributed by atoms with Crippen LogP contribution in [0.1, 0.15) is 23.0 Å². The van der Waals surface area contributed by atoms with Gasteiger partial charge in [-0.1, -0.05) is 35.3 Å². The van der Waals surface area contributed by atoms with Gasteiger partial charge in [0.1, 0.15) is 35.0 Å².